The Hall–Kier alpha value is -2.86. The molecule has 0 saturated heterocycles. The van der Waals surface area contributed by atoms with Gasteiger partial charge in [-0.2, -0.15) is 0 Å². The van der Waals surface area contributed by atoms with Crippen LogP contribution in [0.15, 0.2) is 36.4 Å². The van der Waals surface area contributed by atoms with E-state index in [4.69, 9.17) is 0 Å². The average molecular weight is 398 g/mol. The van der Waals surface area contributed by atoms with Crippen LogP contribution < -0.4 is 20.4 Å². The summed E-state index contributed by atoms with van der Waals surface area (Å²) in [6.45, 7) is 6.24. The van der Waals surface area contributed by atoms with Gasteiger partial charge in [-0.1, -0.05) is 29.8 Å². The van der Waals surface area contributed by atoms with Crippen LogP contribution in [0.25, 0.3) is 0 Å². The van der Waals surface area contributed by atoms with Crippen LogP contribution in [0.1, 0.15) is 28.3 Å². The standard InChI is InChI=1S/C23H32N4O2/c1-15-12-16(2)21(17(3)13-15)25-23(29)22(28)24-14-20(27(6)7)18-8-10-19(11-9-18)26(4)5/h8-13,20H,14H2,1-7H3,(H,24,28)(H,25,29)/p+1/t20-/m1/s1. The molecule has 2 rings (SSSR count). The molecule has 0 spiro atoms. The van der Waals surface area contributed by atoms with E-state index in [1.807, 2.05) is 66.0 Å². The second-order valence-corrected chi connectivity index (χ2v) is 8.05. The number of hydrogen-bond donors (Lipinski definition) is 3. The van der Waals surface area contributed by atoms with Gasteiger partial charge in [-0.25, -0.2) is 0 Å². The molecule has 0 unspecified atom stereocenters. The SMILES string of the molecule is Cc1cc(C)c(NC(=O)C(=O)NC[C@H](c2ccc(N(C)C)cc2)[NH+](C)C)c(C)c1. The first kappa shape index (κ1) is 22.4. The zero-order chi connectivity index (χ0) is 21.7. The minimum atomic E-state index is -0.643. The molecule has 2 amide bonds. The van der Waals surface area contributed by atoms with Crippen molar-refractivity contribution in [2.24, 2.45) is 0 Å². The second-order valence-electron chi connectivity index (χ2n) is 8.05. The van der Waals surface area contributed by atoms with Crippen LogP contribution in [-0.4, -0.2) is 46.5 Å². The number of quaternary nitrogens is 1. The number of hydrogen-bond acceptors (Lipinski definition) is 3. The van der Waals surface area contributed by atoms with Gasteiger partial charge in [0, 0.05) is 31.0 Å². The third-order valence-corrected chi connectivity index (χ3v) is 5.10. The quantitative estimate of drug-likeness (QED) is 0.649. The van der Waals surface area contributed by atoms with E-state index >= 15 is 0 Å². The molecule has 3 N–H and O–H groups in total. The van der Waals surface area contributed by atoms with E-state index in [0.29, 0.717) is 12.2 Å². The van der Waals surface area contributed by atoms with E-state index in [1.54, 1.807) is 0 Å². The van der Waals surface area contributed by atoms with Gasteiger partial charge in [0.2, 0.25) is 0 Å². The van der Waals surface area contributed by atoms with Gasteiger partial charge in [-0.15, -0.1) is 0 Å². The molecular weight excluding hydrogens is 364 g/mol. The van der Waals surface area contributed by atoms with Gasteiger partial charge in [-0.3, -0.25) is 9.59 Å². The van der Waals surface area contributed by atoms with Crippen LogP contribution in [0.5, 0.6) is 0 Å². The summed E-state index contributed by atoms with van der Waals surface area (Å²) in [7, 11) is 8.07. The number of carbonyl (C=O) groups excluding carboxylic acids is 2. The Morgan fingerprint density at radius 3 is 2.00 bits per heavy atom. The van der Waals surface area contributed by atoms with E-state index in [-0.39, 0.29) is 6.04 Å². The topological polar surface area (TPSA) is 65.9 Å². The fourth-order valence-corrected chi connectivity index (χ4v) is 3.48. The van der Waals surface area contributed by atoms with Crippen molar-refractivity contribution in [2.45, 2.75) is 26.8 Å². The zero-order valence-corrected chi connectivity index (χ0v) is 18.5. The fourth-order valence-electron chi connectivity index (χ4n) is 3.48. The molecule has 2 aromatic rings. The molecule has 29 heavy (non-hydrogen) atoms. The number of anilines is 2. The number of nitrogens with one attached hydrogen (secondary N) is 3. The first-order chi connectivity index (χ1) is 13.6. The molecule has 0 heterocycles. The van der Waals surface area contributed by atoms with Crippen molar-refractivity contribution in [3.8, 4) is 0 Å². The third kappa shape index (κ3) is 5.81. The van der Waals surface area contributed by atoms with Gasteiger partial charge in [0.25, 0.3) is 0 Å². The minimum absolute atomic E-state index is 0.0470. The van der Waals surface area contributed by atoms with Crippen LogP contribution in [0.3, 0.4) is 0 Å². The maximum Gasteiger partial charge on any atom is 0.313 e. The Morgan fingerprint density at radius 1 is 0.966 bits per heavy atom. The maximum absolute atomic E-state index is 12.4. The molecule has 0 fully saturated rings. The number of nitrogens with zero attached hydrogens (tertiary/aromatic N) is 1. The highest BCUT2D eigenvalue weighted by Gasteiger charge is 2.22. The lowest BCUT2D eigenvalue weighted by molar-refractivity contribution is -0.890. The predicted octanol–water partition coefficient (Wildman–Crippen LogP) is 1.62. The zero-order valence-electron chi connectivity index (χ0n) is 18.5. The summed E-state index contributed by atoms with van der Waals surface area (Å²) in [6, 6.07) is 12.3. The molecule has 1 atom stereocenters. The number of aryl methyl sites for hydroxylation is 3. The molecule has 2 aromatic carbocycles. The highest BCUT2D eigenvalue weighted by Crippen LogP contribution is 2.21. The lowest BCUT2D eigenvalue weighted by Crippen LogP contribution is -3.07. The van der Waals surface area contributed by atoms with Gasteiger partial charge in [0.15, 0.2) is 0 Å². The van der Waals surface area contributed by atoms with Gasteiger partial charge in [-0.05, 0) is 44.0 Å². The van der Waals surface area contributed by atoms with Crippen molar-refractivity contribution >= 4 is 23.2 Å². The number of likely N-dealkylation sites (N-methyl/N-ethyl adjacent to an activating group) is 1. The van der Waals surface area contributed by atoms with Crippen molar-refractivity contribution in [1.29, 1.82) is 0 Å². The van der Waals surface area contributed by atoms with Gasteiger partial charge in [0.1, 0.15) is 6.04 Å². The molecule has 156 valence electrons. The molecule has 0 radical (unpaired) electrons. The second kappa shape index (κ2) is 9.56. The van der Waals surface area contributed by atoms with Gasteiger partial charge < -0.3 is 20.4 Å². The molecule has 0 aliphatic carbocycles. The Morgan fingerprint density at radius 2 is 1.52 bits per heavy atom. The molecule has 0 saturated carbocycles. The lowest BCUT2D eigenvalue weighted by Gasteiger charge is -2.23. The Balaban J connectivity index is 2.04. The van der Waals surface area contributed by atoms with Crippen molar-refractivity contribution in [3.05, 3.63) is 58.7 Å². The van der Waals surface area contributed by atoms with E-state index in [2.05, 4.69) is 34.9 Å². The Labute approximate surface area is 173 Å². The van der Waals surface area contributed by atoms with Crippen LogP contribution in [-0.2, 0) is 9.59 Å². The average Bonchev–Trinajstić information content (AvgIpc) is 2.64. The smallest absolute Gasteiger partial charge is 0.313 e. The number of rotatable bonds is 6. The highest BCUT2D eigenvalue weighted by molar-refractivity contribution is 6.39. The summed E-state index contributed by atoms with van der Waals surface area (Å²) in [5.74, 6) is -1.27. The third-order valence-electron chi connectivity index (χ3n) is 5.10. The number of carbonyl (C=O) groups is 2. The van der Waals surface area contributed by atoms with Crippen LogP contribution in [0, 0.1) is 20.8 Å². The van der Waals surface area contributed by atoms with Crippen LogP contribution in [0.4, 0.5) is 11.4 Å². The number of benzene rings is 2. The van der Waals surface area contributed by atoms with E-state index in [9.17, 15) is 9.59 Å². The fraction of sp³-hybridized carbons (Fsp3) is 0.391. The minimum Gasteiger partial charge on any atom is -0.378 e. The largest absolute Gasteiger partial charge is 0.378 e. The molecule has 0 aromatic heterocycles. The summed E-state index contributed by atoms with van der Waals surface area (Å²) >= 11 is 0. The molecular formula is C23H33N4O2+. The van der Waals surface area contributed by atoms with Crippen molar-refractivity contribution in [2.75, 3.05) is 45.0 Å². The molecule has 0 aliphatic heterocycles. The van der Waals surface area contributed by atoms with E-state index in [1.165, 1.54) is 4.90 Å². The first-order valence-corrected chi connectivity index (χ1v) is 9.84. The van der Waals surface area contributed by atoms with Gasteiger partial charge >= 0.3 is 11.8 Å². The Kier molecular flexibility index (Phi) is 7.40. The molecule has 0 bridgehead atoms. The van der Waals surface area contributed by atoms with Gasteiger partial charge in [0.05, 0.1) is 20.6 Å². The summed E-state index contributed by atoms with van der Waals surface area (Å²) in [5.41, 5.74) is 5.94. The summed E-state index contributed by atoms with van der Waals surface area (Å²) in [5, 5.41) is 5.54. The maximum atomic E-state index is 12.4. The van der Waals surface area contributed by atoms with Crippen molar-refractivity contribution in [3.63, 3.8) is 0 Å². The summed E-state index contributed by atoms with van der Waals surface area (Å²) in [6.07, 6.45) is 0. The first-order valence-electron chi connectivity index (χ1n) is 9.84. The molecule has 6 nitrogen and oxygen atoms in total. The predicted molar refractivity (Wildman–Crippen MR) is 119 cm³/mol. The van der Waals surface area contributed by atoms with E-state index in [0.717, 1.165) is 27.9 Å². The van der Waals surface area contributed by atoms with Crippen molar-refractivity contribution in [1.82, 2.24) is 5.32 Å². The summed E-state index contributed by atoms with van der Waals surface area (Å²) in [4.78, 5) is 28.0. The van der Waals surface area contributed by atoms with E-state index < -0.39 is 11.8 Å². The number of amides is 2. The Bertz CT molecular complexity index is 850. The monoisotopic (exact) mass is 397 g/mol. The van der Waals surface area contributed by atoms with Crippen LogP contribution in [0.2, 0.25) is 0 Å². The molecule has 6 heteroatoms. The highest BCUT2D eigenvalue weighted by atomic mass is 16.2. The summed E-state index contributed by atoms with van der Waals surface area (Å²) < 4.78 is 0. The normalized spacial score (nSPS) is 11.9. The van der Waals surface area contributed by atoms with Crippen LogP contribution >= 0.6 is 0 Å². The molecule has 0 aliphatic rings. The lowest BCUT2D eigenvalue weighted by atomic mass is 10.0. The van der Waals surface area contributed by atoms with Crippen molar-refractivity contribution < 1.29 is 14.5 Å².